The first-order chi connectivity index (χ1) is 12.4. The zero-order chi connectivity index (χ0) is 18.7. The number of aliphatic hydroxyl groups excluding tert-OH is 3. The Balaban J connectivity index is 1.83. The van der Waals surface area contributed by atoms with E-state index in [1.54, 1.807) is 6.07 Å². The third-order valence-corrected chi connectivity index (χ3v) is 4.87. The summed E-state index contributed by atoms with van der Waals surface area (Å²) in [6.45, 7) is -0.156. The highest BCUT2D eigenvalue weighted by Gasteiger charge is 2.37. The van der Waals surface area contributed by atoms with Gasteiger partial charge < -0.3 is 25.4 Å². The molecule has 1 heterocycles. The van der Waals surface area contributed by atoms with E-state index in [0.29, 0.717) is 10.6 Å². The van der Waals surface area contributed by atoms with Gasteiger partial charge in [0.05, 0.1) is 11.5 Å². The quantitative estimate of drug-likeness (QED) is 0.457. The van der Waals surface area contributed by atoms with Gasteiger partial charge in [-0.05, 0) is 18.2 Å². The summed E-state index contributed by atoms with van der Waals surface area (Å²) in [7, 11) is 0. The summed E-state index contributed by atoms with van der Waals surface area (Å²) < 4.78 is 5.29. The predicted octanol–water partition coefficient (Wildman–Crippen LogP) is 1.60. The molecule has 2 aromatic rings. The van der Waals surface area contributed by atoms with Gasteiger partial charge in [-0.1, -0.05) is 30.0 Å². The fourth-order valence-electron chi connectivity index (χ4n) is 2.55. The third kappa shape index (κ3) is 4.32. The molecule has 0 bridgehead atoms. The van der Waals surface area contributed by atoms with Gasteiger partial charge in [0, 0.05) is 27.6 Å². The molecule has 4 N–H and O–H groups in total. The summed E-state index contributed by atoms with van der Waals surface area (Å²) in [5, 5.41) is 43.3. The van der Waals surface area contributed by atoms with Crippen LogP contribution in [0.15, 0.2) is 58.3 Å². The summed E-state index contributed by atoms with van der Waals surface area (Å²) in [6, 6.07) is 13.9. The molecule has 0 aliphatic carbocycles. The third-order valence-electron chi connectivity index (χ3n) is 3.89. The van der Waals surface area contributed by atoms with Gasteiger partial charge in [0.15, 0.2) is 6.23 Å². The van der Waals surface area contributed by atoms with Gasteiger partial charge in [0.1, 0.15) is 18.3 Å². The van der Waals surface area contributed by atoms with Crippen LogP contribution in [0.1, 0.15) is 0 Å². The molecule has 9 heteroatoms. The molecular weight excluding hydrogens is 360 g/mol. The zero-order valence-corrected chi connectivity index (χ0v) is 14.4. The summed E-state index contributed by atoms with van der Waals surface area (Å²) in [6.07, 6.45) is -4.91. The second kappa shape index (κ2) is 8.02. The minimum absolute atomic E-state index is 0.112. The van der Waals surface area contributed by atoms with E-state index in [-0.39, 0.29) is 12.3 Å². The molecule has 8 nitrogen and oxygen atoms in total. The number of nitro benzene ring substituents is 1. The van der Waals surface area contributed by atoms with Crippen LogP contribution in [0, 0.1) is 10.1 Å². The van der Waals surface area contributed by atoms with Crippen LogP contribution in [0.5, 0.6) is 0 Å². The Bertz CT molecular complexity index is 775. The number of hydrogen-bond donors (Lipinski definition) is 4. The highest BCUT2D eigenvalue weighted by Crippen LogP contribution is 2.33. The Kier molecular flexibility index (Phi) is 5.74. The maximum atomic E-state index is 11.2. The molecule has 1 aliphatic rings. The summed E-state index contributed by atoms with van der Waals surface area (Å²) in [5.41, 5.74) is 0.254. The smallest absolute Gasteiger partial charge is 0.272 e. The average molecular weight is 378 g/mol. The molecule has 0 radical (unpaired) electrons. The molecule has 0 unspecified atom stereocenters. The average Bonchev–Trinajstić information content (AvgIpc) is 2.63. The van der Waals surface area contributed by atoms with Crippen molar-refractivity contribution in [2.45, 2.75) is 34.3 Å². The number of nitrogens with zero attached hydrogens (tertiary/aromatic N) is 1. The number of ether oxygens (including phenoxy) is 1. The second-order valence-corrected chi connectivity index (χ2v) is 6.98. The fraction of sp³-hybridized carbons (Fsp3) is 0.294. The van der Waals surface area contributed by atoms with Crippen molar-refractivity contribution in [3.05, 3.63) is 58.6 Å². The van der Waals surface area contributed by atoms with Crippen LogP contribution in [0.3, 0.4) is 0 Å². The Morgan fingerprint density at radius 3 is 2.50 bits per heavy atom. The molecule has 26 heavy (non-hydrogen) atoms. The molecule has 1 fully saturated rings. The van der Waals surface area contributed by atoms with Crippen LogP contribution in [-0.2, 0) is 4.74 Å². The van der Waals surface area contributed by atoms with Crippen molar-refractivity contribution in [3.8, 4) is 0 Å². The van der Waals surface area contributed by atoms with Crippen molar-refractivity contribution >= 4 is 23.1 Å². The Morgan fingerprint density at radius 1 is 1.08 bits per heavy atom. The maximum absolute atomic E-state index is 11.2. The first-order valence-corrected chi connectivity index (χ1v) is 8.70. The lowest BCUT2D eigenvalue weighted by molar-refractivity contribution is -0.385. The molecule has 0 spiro atoms. The molecule has 0 aromatic heterocycles. The van der Waals surface area contributed by atoms with E-state index in [4.69, 9.17) is 4.74 Å². The molecule has 4 atom stereocenters. The Morgan fingerprint density at radius 2 is 1.81 bits per heavy atom. The number of rotatable bonds is 5. The van der Waals surface area contributed by atoms with E-state index in [1.807, 2.05) is 30.3 Å². The number of anilines is 1. The molecule has 3 rings (SSSR count). The van der Waals surface area contributed by atoms with Crippen LogP contribution in [0.2, 0.25) is 0 Å². The maximum Gasteiger partial charge on any atom is 0.272 e. The van der Waals surface area contributed by atoms with Crippen molar-refractivity contribution in [1.82, 2.24) is 0 Å². The summed E-state index contributed by atoms with van der Waals surface area (Å²) in [5.74, 6) is 0. The van der Waals surface area contributed by atoms with Gasteiger partial charge in [-0.25, -0.2) is 0 Å². The number of non-ortho nitro benzene ring substituents is 1. The van der Waals surface area contributed by atoms with Crippen molar-refractivity contribution in [3.63, 3.8) is 0 Å². The monoisotopic (exact) mass is 378 g/mol. The van der Waals surface area contributed by atoms with Crippen LogP contribution in [-0.4, -0.2) is 51.4 Å². The summed E-state index contributed by atoms with van der Waals surface area (Å²) >= 11 is 1.36. The fourth-order valence-corrected chi connectivity index (χ4v) is 3.48. The van der Waals surface area contributed by atoms with Crippen molar-refractivity contribution in [2.75, 3.05) is 11.9 Å². The zero-order valence-electron chi connectivity index (χ0n) is 13.6. The highest BCUT2D eigenvalue weighted by atomic mass is 32.2. The SMILES string of the molecule is O=[N+]([O-])c1cc(N[C@@H]2OC[C@H](O)[C@H](O)[C@@H]2O)cc(Sc2ccccc2)c1. The van der Waals surface area contributed by atoms with E-state index >= 15 is 0 Å². The molecule has 0 amide bonds. The highest BCUT2D eigenvalue weighted by molar-refractivity contribution is 7.99. The largest absolute Gasteiger partial charge is 0.388 e. The molecule has 0 saturated carbocycles. The lowest BCUT2D eigenvalue weighted by Gasteiger charge is -2.35. The molecular formula is C17H18N2O6S. The van der Waals surface area contributed by atoms with E-state index < -0.39 is 29.5 Å². The lowest BCUT2D eigenvalue weighted by atomic mass is 10.0. The number of benzene rings is 2. The van der Waals surface area contributed by atoms with Crippen molar-refractivity contribution < 1.29 is 25.0 Å². The minimum Gasteiger partial charge on any atom is -0.388 e. The van der Waals surface area contributed by atoms with Gasteiger partial charge in [0.25, 0.3) is 5.69 Å². The van der Waals surface area contributed by atoms with Crippen LogP contribution >= 0.6 is 11.8 Å². The lowest BCUT2D eigenvalue weighted by Crippen LogP contribution is -2.55. The van der Waals surface area contributed by atoms with Gasteiger partial charge in [-0.2, -0.15) is 0 Å². The Hall–Kier alpha value is -2.17. The van der Waals surface area contributed by atoms with Gasteiger partial charge >= 0.3 is 0 Å². The van der Waals surface area contributed by atoms with Crippen LogP contribution in [0.4, 0.5) is 11.4 Å². The van der Waals surface area contributed by atoms with Crippen LogP contribution < -0.4 is 5.32 Å². The standard InChI is InChI=1S/C17H18N2O6S/c20-14-9-25-17(16(22)15(14)21)18-10-6-11(19(23)24)8-13(7-10)26-12-4-2-1-3-5-12/h1-8,14-18,20-22H,9H2/t14-,15-,16-,17+/m0/s1. The van der Waals surface area contributed by atoms with E-state index in [9.17, 15) is 25.4 Å². The van der Waals surface area contributed by atoms with Crippen molar-refractivity contribution in [2.24, 2.45) is 0 Å². The molecule has 2 aromatic carbocycles. The Labute approximate surface area is 153 Å². The molecule has 1 saturated heterocycles. The van der Waals surface area contributed by atoms with Gasteiger partial charge in [0.2, 0.25) is 0 Å². The topological polar surface area (TPSA) is 125 Å². The molecule has 1 aliphatic heterocycles. The number of nitro groups is 1. The number of nitrogens with one attached hydrogen (secondary N) is 1. The minimum atomic E-state index is -1.37. The first kappa shape index (κ1) is 18.6. The molecule has 138 valence electrons. The van der Waals surface area contributed by atoms with Crippen molar-refractivity contribution in [1.29, 1.82) is 0 Å². The predicted molar refractivity (Wildman–Crippen MR) is 95.0 cm³/mol. The van der Waals surface area contributed by atoms with E-state index in [2.05, 4.69) is 5.32 Å². The normalized spacial score (nSPS) is 25.7. The second-order valence-electron chi connectivity index (χ2n) is 5.83. The number of hydrogen-bond acceptors (Lipinski definition) is 8. The van der Waals surface area contributed by atoms with Gasteiger partial charge in [-0.3, -0.25) is 10.1 Å². The summed E-state index contributed by atoms with van der Waals surface area (Å²) in [4.78, 5) is 12.3. The first-order valence-electron chi connectivity index (χ1n) is 7.89. The number of aliphatic hydroxyl groups is 3. The van der Waals surface area contributed by atoms with E-state index in [1.165, 1.54) is 23.9 Å². The van der Waals surface area contributed by atoms with E-state index in [0.717, 1.165) is 4.90 Å². The van der Waals surface area contributed by atoms with Gasteiger partial charge in [-0.15, -0.1) is 0 Å². The van der Waals surface area contributed by atoms with Crippen LogP contribution in [0.25, 0.3) is 0 Å².